The van der Waals surface area contributed by atoms with Gasteiger partial charge in [0.25, 0.3) is 0 Å². The fraction of sp³-hybridized carbons (Fsp3) is 1.00. The molecule has 1 atom stereocenters. The average molecular weight is 244 g/mol. The lowest BCUT2D eigenvalue weighted by Gasteiger charge is -2.24. The van der Waals surface area contributed by atoms with E-state index in [-0.39, 0.29) is 0 Å². The minimum atomic E-state index is 0.708. The number of likely N-dealkylation sites (N-methyl/N-ethyl adjacent to an activating group) is 1. The Labute approximate surface area is 108 Å². The molecular formula is C14H32N2O. The van der Waals surface area contributed by atoms with Crippen LogP contribution >= 0.6 is 0 Å². The van der Waals surface area contributed by atoms with Crippen LogP contribution in [0.4, 0.5) is 0 Å². The van der Waals surface area contributed by atoms with Crippen molar-refractivity contribution in [3.63, 3.8) is 0 Å². The van der Waals surface area contributed by atoms with Gasteiger partial charge in [0.05, 0.1) is 0 Å². The average Bonchev–Trinajstić information content (AvgIpc) is 2.32. The van der Waals surface area contributed by atoms with Crippen molar-refractivity contribution in [2.75, 3.05) is 39.9 Å². The topological polar surface area (TPSA) is 24.5 Å². The van der Waals surface area contributed by atoms with Gasteiger partial charge < -0.3 is 15.0 Å². The summed E-state index contributed by atoms with van der Waals surface area (Å²) in [4.78, 5) is 2.44. The summed E-state index contributed by atoms with van der Waals surface area (Å²) < 4.78 is 5.30. The molecule has 1 N–H and O–H groups in total. The van der Waals surface area contributed by atoms with Gasteiger partial charge in [-0.2, -0.15) is 0 Å². The van der Waals surface area contributed by atoms with Crippen molar-refractivity contribution in [2.45, 2.75) is 52.5 Å². The molecule has 17 heavy (non-hydrogen) atoms. The van der Waals surface area contributed by atoms with Gasteiger partial charge in [0, 0.05) is 32.3 Å². The monoisotopic (exact) mass is 244 g/mol. The van der Waals surface area contributed by atoms with Gasteiger partial charge in [0.1, 0.15) is 0 Å². The Balaban J connectivity index is 3.21. The highest BCUT2D eigenvalue weighted by Gasteiger charge is 2.06. The van der Waals surface area contributed by atoms with Crippen LogP contribution in [0.3, 0.4) is 0 Å². The van der Waals surface area contributed by atoms with Crippen LogP contribution in [-0.2, 0) is 4.74 Å². The first kappa shape index (κ1) is 16.9. The summed E-state index contributed by atoms with van der Waals surface area (Å²) in [6.45, 7) is 11.7. The Kier molecular flexibility index (Phi) is 12.3. The second-order valence-corrected chi connectivity index (χ2v) is 4.77. The largest absolute Gasteiger partial charge is 0.382 e. The van der Waals surface area contributed by atoms with E-state index in [1.54, 1.807) is 0 Å². The van der Waals surface area contributed by atoms with Crippen LogP contribution in [0.15, 0.2) is 0 Å². The van der Waals surface area contributed by atoms with E-state index in [9.17, 15) is 0 Å². The maximum absolute atomic E-state index is 5.30. The molecule has 0 aromatic rings. The first-order chi connectivity index (χ1) is 8.22. The van der Waals surface area contributed by atoms with Crippen molar-refractivity contribution >= 4 is 0 Å². The standard InChI is InChI=1S/C14H32N2O/c1-5-9-14(3)16(4)12-11-15-10-7-8-13-17-6-2/h14-15H,5-13H2,1-4H3. The van der Waals surface area contributed by atoms with Gasteiger partial charge >= 0.3 is 0 Å². The van der Waals surface area contributed by atoms with Crippen molar-refractivity contribution in [3.8, 4) is 0 Å². The Morgan fingerprint density at radius 1 is 1.18 bits per heavy atom. The molecule has 3 heteroatoms. The molecule has 0 aromatic heterocycles. The molecule has 0 aliphatic heterocycles. The molecule has 1 unspecified atom stereocenters. The normalized spacial score (nSPS) is 13.2. The lowest BCUT2D eigenvalue weighted by atomic mass is 10.2. The number of rotatable bonds is 12. The van der Waals surface area contributed by atoms with Gasteiger partial charge in [0.15, 0.2) is 0 Å². The highest BCUT2D eigenvalue weighted by Crippen LogP contribution is 2.02. The van der Waals surface area contributed by atoms with E-state index in [1.807, 2.05) is 6.92 Å². The zero-order valence-corrected chi connectivity index (χ0v) is 12.3. The van der Waals surface area contributed by atoms with E-state index < -0.39 is 0 Å². The highest BCUT2D eigenvalue weighted by atomic mass is 16.5. The van der Waals surface area contributed by atoms with Crippen molar-refractivity contribution in [1.29, 1.82) is 0 Å². The molecule has 0 amide bonds. The Morgan fingerprint density at radius 2 is 1.94 bits per heavy atom. The summed E-state index contributed by atoms with van der Waals surface area (Å²) in [6, 6.07) is 0.708. The molecule has 0 fully saturated rings. The number of hydrogen-bond donors (Lipinski definition) is 1. The van der Waals surface area contributed by atoms with Gasteiger partial charge in [-0.3, -0.25) is 0 Å². The number of unbranched alkanes of at least 4 members (excludes halogenated alkanes) is 1. The predicted octanol–water partition coefficient (Wildman–Crippen LogP) is 2.51. The van der Waals surface area contributed by atoms with E-state index >= 15 is 0 Å². The fourth-order valence-corrected chi connectivity index (χ4v) is 1.84. The quantitative estimate of drug-likeness (QED) is 0.534. The summed E-state index contributed by atoms with van der Waals surface area (Å²) in [7, 11) is 2.22. The van der Waals surface area contributed by atoms with Gasteiger partial charge in [0.2, 0.25) is 0 Å². The maximum Gasteiger partial charge on any atom is 0.0466 e. The zero-order valence-electron chi connectivity index (χ0n) is 12.3. The van der Waals surface area contributed by atoms with Crippen LogP contribution < -0.4 is 5.32 Å². The third-order valence-corrected chi connectivity index (χ3v) is 3.20. The van der Waals surface area contributed by atoms with Gasteiger partial charge in [-0.1, -0.05) is 13.3 Å². The molecule has 3 nitrogen and oxygen atoms in total. The van der Waals surface area contributed by atoms with Gasteiger partial charge in [-0.05, 0) is 46.7 Å². The first-order valence-electron chi connectivity index (χ1n) is 7.21. The van der Waals surface area contributed by atoms with Crippen LogP contribution in [0.1, 0.15) is 46.5 Å². The fourth-order valence-electron chi connectivity index (χ4n) is 1.84. The number of nitrogens with one attached hydrogen (secondary N) is 1. The van der Waals surface area contributed by atoms with Crippen LogP contribution in [0.5, 0.6) is 0 Å². The Hall–Kier alpha value is -0.120. The summed E-state index contributed by atoms with van der Waals surface area (Å²) in [5, 5.41) is 3.49. The molecule has 0 aliphatic carbocycles. The second-order valence-electron chi connectivity index (χ2n) is 4.77. The highest BCUT2D eigenvalue weighted by molar-refractivity contribution is 4.63. The molecule has 0 spiro atoms. The molecule has 0 radical (unpaired) electrons. The van der Waals surface area contributed by atoms with Crippen LogP contribution in [0.2, 0.25) is 0 Å². The number of nitrogens with zero attached hydrogens (tertiary/aromatic N) is 1. The Morgan fingerprint density at radius 3 is 2.59 bits per heavy atom. The molecule has 104 valence electrons. The van der Waals surface area contributed by atoms with E-state index in [2.05, 4.69) is 31.1 Å². The molecule has 0 aliphatic rings. The van der Waals surface area contributed by atoms with Gasteiger partial charge in [-0.15, -0.1) is 0 Å². The van der Waals surface area contributed by atoms with Crippen molar-refractivity contribution in [1.82, 2.24) is 10.2 Å². The summed E-state index contributed by atoms with van der Waals surface area (Å²) in [6.07, 6.45) is 4.96. The summed E-state index contributed by atoms with van der Waals surface area (Å²) in [5.74, 6) is 0. The van der Waals surface area contributed by atoms with E-state index in [1.165, 1.54) is 25.7 Å². The molecule has 0 aromatic carbocycles. The van der Waals surface area contributed by atoms with E-state index in [0.29, 0.717) is 6.04 Å². The third kappa shape index (κ3) is 10.7. The first-order valence-corrected chi connectivity index (χ1v) is 7.21. The van der Waals surface area contributed by atoms with E-state index in [4.69, 9.17) is 4.74 Å². The van der Waals surface area contributed by atoms with Crippen LogP contribution in [0.25, 0.3) is 0 Å². The smallest absolute Gasteiger partial charge is 0.0466 e. The zero-order chi connectivity index (χ0) is 12.9. The molecule has 0 saturated carbocycles. The van der Waals surface area contributed by atoms with Crippen LogP contribution in [-0.4, -0.2) is 50.8 Å². The summed E-state index contributed by atoms with van der Waals surface area (Å²) in [5.41, 5.74) is 0. The molecular weight excluding hydrogens is 212 g/mol. The minimum Gasteiger partial charge on any atom is -0.382 e. The summed E-state index contributed by atoms with van der Waals surface area (Å²) >= 11 is 0. The van der Waals surface area contributed by atoms with E-state index in [0.717, 1.165) is 32.8 Å². The van der Waals surface area contributed by atoms with Crippen LogP contribution in [0, 0.1) is 0 Å². The molecule has 0 saturated heterocycles. The molecule has 0 rings (SSSR count). The number of ether oxygens (including phenoxy) is 1. The van der Waals surface area contributed by atoms with Gasteiger partial charge in [-0.25, -0.2) is 0 Å². The maximum atomic E-state index is 5.30. The predicted molar refractivity (Wildman–Crippen MR) is 75.6 cm³/mol. The lowest BCUT2D eigenvalue weighted by Crippen LogP contribution is -2.35. The Bertz CT molecular complexity index is 153. The SMILES string of the molecule is CCCC(C)N(C)CCNCCCCOCC. The van der Waals surface area contributed by atoms with Crippen molar-refractivity contribution in [3.05, 3.63) is 0 Å². The lowest BCUT2D eigenvalue weighted by molar-refractivity contribution is 0.143. The van der Waals surface area contributed by atoms with Crippen molar-refractivity contribution < 1.29 is 4.74 Å². The molecule has 0 heterocycles. The van der Waals surface area contributed by atoms with Crippen molar-refractivity contribution in [2.24, 2.45) is 0 Å². The number of hydrogen-bond acceptors (Lipinski definition) is 3. The molecule has 0 bridgehead atoms. The second kappa shape index (κ2) is 12.3. The minimum absolute atomic E-state index is 0.708. The third-order valence-electron chi connectivity index (χ3n) is 3.20.